The summed E-state index contributed by atoms with van der Waals surface area (Å²) in [5.74, 6) is 3.78. The van der Waals surface area contributed by atoms with Crippen molar-refractivity contribution in [2.45, 2.75) is 37.7 Å². The van der Waals surface area contributed by atoms with Crippen molar-refractivity contribution in [1.29, 1.82) is 0 Å². The lowest BCUT2D eigenvalue weighted by Crippen LogP contribution is -2.11. The van der Waals surface area contributed by atoms with E-state index in [2.05, 4.69) is 20.3 Å². The molecule has 0 N–H and O–H groups in total. The first-order valence-corrected chi connectivity index (χ1v) is 8.88. The van der Waals surface area contributed by atoms with Gasteiger partial charge in [0.15, 0.2) is 5.82 Å². The molecule has 0 aliphatic rings. The fraction of sp³-hybridized carbons (Fsp3) is 0.429. The third-order valence-corrected chi connectivity index (χ3v) is 4.40. The quantitative estimate of drug-likeness (QED) is 0.699. The van der Waals surface area contributed by atoms with E-state index in [1.807, 2.05) is 37.6 Å². The van der Waals surface area contributed by atoms with E-state index in [9.17, 15) is 0 Å². The zero-order chi connectivity index (χ0) is 15.6. The molecule has 0 radical (unpaired) electrons. The number of aromatic nitrogens is 4. The molecule has 3 aromatic heterocycles. The van der Waals surface area contributed by atoms with Gasteiger partial charge in [-0.05, 0) is 11.4 Å². The molecule has 3 heterocycles. The Bertz CT molecular complexity index is 728. The highest BCUT2D eigenvalue weighted by Gasteiger charge is 2.21. The fourth-order valence-corrected chi connectivity index (χ4v) is 2.98. The van der Waals surface area contributed by atoms with Gasteiger partial charge in [-0.15, -0.1) is 22.0 Å². The molecule has 0 unspecified atom stereocenters. The average molecular weight is 336 g/mol. The van der Waals surface area contributed by atoms with Crippen LogP contribution in [0.5, 0.6) is 0 Å². The van der Waals surface area contributed by atoms with Crippen LogP contribution in [-0.4, -0.2) is 20.3 Å². The van der Waals surface area contributed by atoms with Gasteiger partial charge in [0.1, 0.15) is 0 Å². The lowest BCUT2D eigenvalue weighted by Gasteiger charge is -2.10. The minimum atomic E-state index is -0.126. The lowest BCUT2D eigenvalue weighted by molar-refractivity contribution is 0.378. The van der Waals surface area contributed by atoms with E-state index in [0.29, 0.717) is 35.0 Å². The van der Waals surface area contributed by atoms with Crippen molar-refractivity contribution in [1.82, 2.24) is 20.3 Å². The highest BCUT2D eigenvalue weighted by molar-refractivity contribution is 7.97. The molecule has 0 aliphatic carbocycles. The van der Waals surface area contributed by atoms with Crippen molar-refractivity contribution in [2.24, 2.45) is 0 Å². The van der Waals surface area contributed by atoms with Crippen LogP contribution in [0, 0.1) is 0 Å². The molecule has 0 atom stereocenters. The third kappa shape index (κ3) is 3.56. The number of thioether (sulfide) groups is 1. The Hall–Kier alpha value is -1.67. The second-order valence-corrected chi connectivity index (χ2v) is 7.54. The van der Waals surface area contributed by atoms with Gasteiger partial charge in [0.2, 0.25) is 11.8 Å². The summed E-state index contributed by atoms with van der Waals surface area (Å²) in [6.07, 6.45) is 0. The Morgan fingerprint density at radius 3 is 2.77 bits per heavy atom. The minimum Gasteiger partial charge on any atom is -0.424 e. The molecule has 0 aromatic carbocycles. The second kappa shape index (κ2) is 6.21. The molecule has 8 heteroatoms. The smallest absolute Gasteiger partial charge is 0.258 e. The summed E-state index contributed by atoms with van der Waals surface area (Å²) in [7, 11) is 0. The van der Waals surface area contributed by atoms with Gasteiger partial charge in [0.25, 0.3) is 5.89 Å². The molecular formula is C14H16N4O2S2. The normalized spacial score (nSPS) is 12.0. The standard InChI is InChI=1S/C14H16N4O2S2/c1-14(2,3)13-17-16-11(19-13)8-22-7-10-15-12(20-18-10)9-4-5-21-6-9/h4-6H,7-8H2,1-3H3. The first-order valence-electron chi connectivity index (χ1n) is 6.78. The summed E-state index contributed by atoms with van der Waals surface area (Å²) in [6, 6.07) is 1.96. The van der Waals surface area contributed by atoms with Crippen LogP contribution in [0.3, 0.4) is 0 Å². The number of thiophene rings is 1. The van der Waals surface area contributed by atoms with Crippen molar-refractivity contribution in [3.8, 4) is 11.5 Å². The fourth-order valence-electron chi connectivity index (χ4n) is 1.66. The molecule has 0 aliphatic heterocycles. The highest BCUT2D eigenvalue weighted by Crippen LogP contribution is 2.24. The summed E-state index contributed by atoms with van der Waals surface area (Å²) >= 11 is 3.22. The topological polar surface area (TPSA) is 77.8 Å². The third-order valence-electron chi connectivity index (χ3n) is 2.80. The van der Waals surface area contributed by atoms with Crippen molar-refractivity contribution >= 4 is 23.1 Å². The Morgan fingerprint density at radius 1 is 1.23 bits per heavy atom. The van der Waals surface area contributed by atoms with Gasteiger partial charge in [-0.2, -0.15) is 16.3 Å². The maximum atomic E-state index is 5.64. The molecule has 0 saturated carbocycles. The first-order chi connectivity index (χ1) is 10.5. The maximum Gasteiger partial charge on any atom is 0.258 e. The number of nitrogens with zero attached hydrogens (tertiary/aromatic N) is 4. The second-order valence-electron chi connectivity index (χ2n) is 5.77. The number of rotatable bonds is 5. The van der Waals surface area contributed by atoms with E-state index in [1.54, 1.807) is 23.1 Å². The van der Waals surface area contributed by atoms with E-state index in [4.69, 9.17) is 8.94 Å². The Morgan fingerprint density at radius 2 is 2.09 bits per heavy atom. The van der Waals surface area contributed by atoms with Crippen LogP contribution in [0.15, 0.2) is 25.8 Å². The van der Waals surface area contributed by atoms with Crippen molar-refractivity contribution in [2.75, 3.05) is 0 Å². The Labute approximate surface area is 136 Å². The van der Waals surface area contributed by atoms with Crippen molar-refractivity contribution < 1.29 is 8.94 Å². The molecule has 6 nitrogen and oxygen atoms in total. The molecule has 3 aromatic rings. The lowest BCUT2D eigenvalue weighted by atomic mass is 9.97. The highest BCUT2D eigenvalue weighted by atomic mass is 32.2. The van der Waals surface area contributed by atoms with Gasteiger partial charge in [-0.25, -0.2) is 0 Å². The number of hydrogen-bond acceptors (Lipinski definition) is 8. The molecule has 0 amide bonds. The van der Waals surface area contributed by atoms with Gasteiger partial charge in [0.05, 0.1) is 17.1 Å². The van der Waals surface area contributed by atoms with Crippen molar-refractivity contribution in [3.63, 3.8) is 0 Å². The summed E-state index contributed by atoms with van der Waals surface area (Å²) < 4.78 is 10.9. The molecule has 0 spiro atoms. The Kier molecular flexibility index (Phi) is 4.30. The molecule has 0 bridgehead atoms. The van der Waals surface area contributed by atoms with Crippen LogP contribution in [0.2, 0.25) is 0 Å². The molecular weight excluding hydrogens is 320 g/mol. The summed E-state index contributed by atoms with van der Waals surface area (Å²) in [4.78, 5) is 4.37. The number of hydrogen-bond donors (Lipinski definition) is 0. The minimum absolute atomic E-state index is 0.126. The van der Waals surface area contributed by atoms with Gasteiger partial charge >= 0.3 is 0 Å². The van der Waals surface area contributed by atoms with Crippen molar-refractivity contribution in [3.05, 3.63) is 34.4 Å². The van der Waals surface area contributed by atoms with Gasteiger partial charge < -0.3 is 8.94 Å². The summed E-state index contributed by atoms with van der Waals surface area (Å²) in [5, 5.41) is 16.1. The molecule has 22 heavy (non-hydrogen) atoms. The van der Waals surface area contributed by atoms with Gasteiger partial charge in [-0.3, -0.25) is 0 Å². The summed E-state index contributed by atoms with van der Waals surface area (Å²) in [6.45, 7) is 6.13. The SMILES string of the molecule is CC(C)(C)c1nnc(CSCc2noc(-c3ccsc3)n2)o1. The molecule has 0 fully saturated rings. The predicted molar refractivity (Wildman–Crippen MR) is 85.6 cm³/mol. The molecule has 3 rings (SSSR count). The largest absolute Gasteiger partial charge is 0.424 e. The van der Waals surface area contributed by atoms with Crippen LogP contribution in [0.4, 0.5) is 0 Å². The monoisotopic (exact) mass is 336 g/mol. The van der Waals surface area contributed by atoms with Crippen LogP contribution >= 0.6 is 23.1 Å². The van der Waals surface area contributed by atoms with Crippen LogP contribution in [0.1, 0.15) is 38.4 Å². The van der Waals surface area contributed by atoms with Gasteiger partial charge in [-0.1, -0.05) is 25.9 Å². The maximum absolute atomic E-state index is 5.64. The average Bonchev–Trinajstić information content (AvgIpc) is 3.19. The first kappa shape index (κ1) is 15.2. The van der Waals surface area contributed by atoms with E-state index in [1.165, 1.54) is 0 Å². The predicted octanol–water partition coefficient (Wildman–Crippen LogP) is 3.91. The summed E-state index contributed by atoms with van der Waals surface area (Å²) in [5.41, 5.74) is 0.833. The van der Waals surface area contributed by atoms with E-state index < -0.39 is 0 Å². The van der Waals surface area contributed by atoms with Gasteiger partial charge in [0, 0.05) is 10.8 Å². The zero-order valence-corrected chi connectivity index (χ0v) is 14.2. The van der Waals surface area contributed by atoms with Crippen LogP contribution < -0.4 is 0 Å². The Balaban J connectivity index is 1.54. The molecule has 0 saturated heterocycles. The van der Waals surface area contributed by atoms with E-state index in [0.717, 1.165) is 5.56 Å². The van der Waals surface area contributed by atoms with E-state index >= 15 is 0 Å². The molecule has 116 valence electrons. The van der Waals surface area contributed by atoms with Crippen LogP contribution in [0.25, 0.3) is 11.5 Å². The van der Waals surface area contributed by atoms with E-state index in [-0.39, 0.29) is 5.41 Å². The zero-order valence-electron chi connectivity index (χ0n) is 12.6. The van der Waals surface area contributed by atoms with Crippen LogP contribution in [-0.2, 0) is 16.9 Å².